The van der Waals surface area contributed by atoms with Crippen molar-refractivity contribution in [2.75, 3.05) is 6.16 Å². The first-order chi connectivity index (χ1) is 5.99. The van der Waals surface area contributed by atoms with Crippen LogP contribution in [0, 0.1) is 5.21 Å². The van der Waals surface area contributed by atoms with Crippen LogP contribution in [0.4, 0.5) is 0 Å². The third kappa shape index (κ3) is 3.55. The molecule has 13 heavy (non-hydrogen) atoms. The molecule has 0 bridgehead atoms. The summed E-state index contributed by atoms with van der Waals surface area (Å²) in [6.07, 6.45) is 1.10. The van der Waals surface area contributed by atoms with Gasteiger partial charge in [-0.05, 0) is 0 Å². The molecule has 1 aromatic heterocycles. The van der Waals surface area contributed by atoms with Crippen LogP contribution in [0.15, 0.2) is 24.4 Å². The summed E-state index contributed by atoms with van der Waals surface area (Å²) in [7, 11) is -4.00. The second kappa shape index (κ2) is 3.87. The third-order valence-corrected chi connectivity index (χ3v) is 2.37. The fourth-order valence-electron chi connectivity index (χ4n) is 0.917. The van der Waals surface area contributed by atoms with Gasteiger partial charge in [0.05, 0.1) is 6.16 Å². The maximum Gasteiger partial charge on any atom is 0.326 e. The molecule has 0 amide bonds. The van der Waals surface area contributed by atoms with Crippen LogP contribution in [0.5, 0.6) is 0 Å². The lowest BCUT2D eigenvalue weighted by Gasteiger charge is -2.04. The first-order valence-electron chi connectivity index (χ1n) is 3.71. The molecule has 0 aliphatic carbocycles. The predicted molar refractivity (Wildman–Crippen MR) is 46.0 cm³/mol. The molecule has 1 aromatic rings. The maximum atomic E-state index is 11.0. The van der Waals surface area contributed by atoms with Crippen LogP contribution in [0.1, 0.15) is 5.69 Å². The Labute approximate surface area is 75.4 Å². The molecule has 72 valence electrons. The summed E-state index contributed by atoms with van der Waals surface area (Å²) < 4.78 is 11.1. The molecular formula is C7H10NO4P. The van der Waals surface area contributed by atoms with Crippen molar-refractivity contribution in [1.82, 2.24) is 0 Å². The molecule has 6 heteroatoms. The van der Waals surface area contributed by atoms with E-state index in [1.807, 2.05) is 0 Å². The van der Waals surface area contributed by atoms with Gasteiger partial charge in [-0.25, -0.2) is 0 Å². The fourth-order valence-corrected chi connectivity index (χ4v) is 1.44. The molecule has 0 fully saturated rings. The topological polar surface area (TPSA) is 84.5 Å². The number of rotatable bonds is 3. The van der Waals surface area contributed by atoms with Gasteiger partial charge in [-0.1, -0.05) is 6.07 Å². The Balaban J connectivity index is 2.65. The van der Waals surface area contributed by atoms with Gasteiger partial charge in [-0.15, -0.1) is 0 Å². The summed E-state index contributed by atoms with van der Waals surface area (Å²) in [5.74, 6) is 0. The van der Waals surface area contributed by atoms with E-state index in [-0.39, 0.29) is 12.6 Å². The molecular weight excluding hydrogens is 193 g/mol. The lowest BCUT2D eigenvalue weighted by Crippen LogP contribution is -2.31. The predicted octanol–water partition coefficient (Wildman–Crippen LogP) is 0.0402. The van der Waals surface area contributed by atoms with Crippen molar-refractivity contribution in [3.8, 4) is 0 Å². The van der Waals surface area contributed by atoms with E-state index in [0.29, 0.717) is 10.4 Å². The standard InChI is InChI=1S/C7H10NO4P/c9-8-5-2-1-3-7(8)4-6-13(10,11)12/h1-3,5H,4,6H2,(H2,10,11,12). The van der Waals surface area contributed by atoms with E-state index in [0.717, 1.165) is 0 Å². The molecule has 0 saturated heterocycles. The molecule has 0 aromatic carbocycles. The first kappa shape index (κ1) is 10.2. The monoisotopic (exact) mass is 203 g/mol. The summed E-state index contributed by atoms with van der Waals surface area (Å²) in [5, 5.41) is 11.0. The van der Waals surface area contributed by atoms with Crippen LogP contribution in [0.25, 0.3) is 0 Å². The van der Waals surface area contributed by atoms with Gasteiger partial charge in [0.2, 0.25) is 0 Å². The van der Waals surface area contributed by atoms with Gasteiger partial charge in [0.25, 0.3) is 0 Å². The zero-order valence-corrected chi connectivity index (χ0v) is 7.72. The molecule has 2 N–H and O–H groups in total. The average Bonchev–Trinajstić information content (AvgIpc) is 2.01. The highest BCUT2D eigenvalue weighted by atomic mass is 31.2. The summed E-state index contributed by atoms with van der Waals surface area (Å²) >= 11 is 0. The second-order valence-corrected chi connectivity index (χ2v) is 4.43. The quantitative estimate of drug-likeness (QED) is 0.412. The van der Waals surface area contributed by atoms with Crippen molar-refractivity contribution in [1.29, 1.82) is 0 Å². The van der Waals surface area contributed by atoms with E-state index in [1.165, 1.54) is 6.20 Å². The first-order valence-corrected chi connectivity index (χ1v) is 5.50. The minimum absolute atomic E-state index is 0.0919. The van der Waals surface area contributed by atoms with Crippen molar-refractivity contribution in [2.24, 2.45) is 0 Å². The summed E-state index contributed by atoms with van der Waals surface area (Å²) in [4.78, 5) is 17.1. The SMILES string of the molecule is O=P(O)(O)CCc1cccc[n+]1[O-]. The Hall–Kier alpha value is -0.900. The molecule has 1 rings (SSSR count). The molecule has 0 spiro atoms. The average molecular weight is 203 g/mol. The van der Waals surface area contributed by atoms with Gasteiger partial charge in [0.15, 0.2) is 11.9 Å². The Morgan fingerprint density at radius 3 is 2.69 bits per heavy atom. The zero-order valence-electron chi connectivity index (χ0n) is 6.83. The normalized spacial score (nSPS) is 11.5. The Kier molecular flexibility index (Phi) is 3.03. The zero-order chi connectivity index (χ0) is 9.90. The second-order valence-electron chi connectivity index (χ2n) is 2.66. The van der Waals surface area contributed by atoms with Crippen molar-refractivity contribution in [2.45, 2.75) is 6.42 Å². The van der Waals surface area contributed by atoms with Gasteiger partial charge in [0, 0.05) is 18.6 Å². The van der Waals surface area contributed by atoms with E-state index in [1.54, 1.807) is 18.2 Å². The number of pyridine rings is 1. The Morgan fingerprint density at radius 2 is 2.15 bits per heavy atom. The van der Waals surface area contributed by atoms with E-state index in [2.05, 4.69) is 0 Å². The van der Waals surface area contributed by atoms with Crippen molar-refractivity contribution >= 4 is 7.60 Å². The molecule has 0 saturated carbocycles. The Bertz CT molecular complexity index is 335. The summed E-state index contributed by atoms with van der Waals surface area (Å²) in [6, 6.07) is 4.76. The Morgan fingerprint density at radius 1 is 1.46 bits per heavy atom. The lowest BCUT2D eigenvalue weighted by molar-refractivity contribution is -0.613. The van der Waals surface area contributed by atoms with E-state index >= 15 is 0 Å². The lowest BCUT2D eigenvalue weighted by atomic mass is 10.3. The molecule has 0 unspecified atom stereocenters. The van der Waals surface area contributed by atoms with Crippen molar-refractivity contribution < 1.29 is 19.1 Å². The molecule has 5 nitrogen and oxygen atoms in total. The number of aryl methyl sites for hydroxylation is 1. The number of hydrogen-bond acceptors (Lipinski definition) is 2. The van der Waals surface area contributed by atoms with Crippen LogP contribution in [-0.4, -0.2) is 15.9 Å². The van der Waals surface area contributed by atoms with Crippen LogP contribution < -0.4 is 4.73 Å². The maximum absolute atomic E-state index is 11.0. The summed E-state index contributed by atoms with van der Waals surface area (Å²) in [6.45, 7) is 0. The van der Waals surface area contributed by atoms with Crippen LogP contribution >= 0.6 is 7.60 Å². The smallest absolute Gasteiger partial charge is 0.326 e. The number of nitrogens with zero attached hydrogens (tertiary/aromatic N) is 1. The number of hydrogen-bond donors (Lipinski definition) is 2. The van der Waals surface area contributed by atoms with E-state index < -0.39 is 7.60 Å². The van der Waals surface area contributed by atoms with Gasteiger partial charge < -0.3 is 15.0 Å². The van der Waals surface area contributed by atoms with Gasteiger partial charge in [0.1, 0.15) is 0 Å². The highest BCUT2D eigenvalue weighted by Crippen LogP contribution is 2.34. The highest BCUT2D eigenvalue weighted by molar-refractivity contribution is 7.51. The molecule has 0 radical (unpaired) electrons. The van der Waals surface area contributed by atoms with Crippen LogP contribution in [0.3, 0.4) is 0 Å². The fraction of sp³-hybridized carbons (Fsp3) is 0.286. The minimum Gasteiger partial charge on any atom is -0.619 e. The third-order valence-electron chi connectivity index (χ3n) is 1.56. The molecule has 0 aliphatic heterocycles. The largest absolute Gasteiger partial charge is 0.619 e. The van der Waals surface area contributed by atoms with Gasteiger partial charge in [-0.3, -0.25) is 4.57 Å². The van der Waals surface area contributed by atoms with Crippen molar-refractivity contribution in [3.05, 3.63) is 35.3 Å². The molecule has 0 aliphatic rings. The van der Waals surface area contributed by atoms with Crippen LogP contribution in [-0.2, 0) is 11.0 Å². The minimum atomic E-state index is -4.00. The summed E-state index contributed by atoms with van der Waals surface area (Å²) in [5.41, 5.74) is 0.367. The van der Waals surface area contributed by atoms with E-state index in [9.17, 15) is 9.77 Å². The van der Waals surface area contributed by atoms with Crippen LogP contribution in [0.2, 0.25) is 0 Å². The van der Waals surface area contributed by atoms with Gasteiger partial charge in [-0.2, -0.15) is 4.73 Å². The molecule has 0 atom stereocenters. The van der Waals surface area contributed by atoms with Crippen molar-refractivity contribution in [3.63, 3.8) is 0 Å². The van der Waals surface area contributed by atoms with Gasteiger partial charge >= 0.3 is 7.60 Å². The van der Waals surface area contributed by atoms with E-state index in [4.69, 9.17) is 9.79 Å². The molecule has 1 heterocycles. The number of aromatic nitrogens is 1. The highest BCUT2D eigenvalue weighted by Gasteiger charge is 2.15.